The van der Waals surface area contributed by atoms with Crippen LogP contribution < -0.4 is 5.32 Å². The molecule has 0 radical (unpaired) electrons. The SMILES string of the molecule is CC(C)/C=C/c1ccc(C(=O)Nc2ccc3ncccc3c2)cc1. The number of carbonyl (C=O) groups excluding carboxylic acids is 1. The van der Waals surface area contributed by atoms with Gasteiger partial charge in [-0.25, -0.2) is 0 Å². The van der Waals surface area contributed by atoms with Crippen LogP contribution in [0.25, 0.3) is 17.0 Å². The van der Waals surface area contributed by atoms with Crippen molar-refractivity contribution in [1.82, 2.24) is 4.98 Å². The van der Waals surface area contributed by atoms with E-state index in [-0.39, 0.29) is 5.91 Å². The standard InChI is InChI=1S/C21H20N2O/c1-15(2)5-6-16-7-9-17(10-8-16)21(24)23-19-11-12-20-18(14-19)4-3-13-22-20/h3-15H,1-2H3,(H,23,24)/b6-5+. The summed E-state index contributed by atoms with van der Waals surface area (Å²) in [4.78, 5) is 16.7. The van der Waals surface area contributed by atoms with Crippen LogP contribution in [0.1, 0.15) is 29.8 Å². The van der Waals surface area contributed by atoms with Crippen molar-refractivity contribution in [2.45, 2.75) is 13.8 Å². The van der Waals surface area contributed by atoms with Crippen LogP contribution in [0.5, 0.6) is 0 Å². The van der Waals surface area contributed by atoms with Gasteiger partial charge in [-0.2, -0.15) is 0 Å². The molecule has 1 heterocycles. The summed E-state index contributed by atoms with van der Waals surface area (Å²) in [5, 5.41) is 3.94. The highest BCUT2D eigenvalue weighted by Crippen LogP contribution is 2.18. The van der Waals surface area contributed by atoms with Gasteiger partial charge in [0, 0.05) is 22.8 Å². The first-order valence-corrected chi connectivity index (χ1v) is 8.06. The Balaban J connectivity index is 1.73. The second-order valence-corrected chi connectivity index (χ2v) is 6.09. The van der Waals surface area contributed by atoms with Gasteiger partial charge in [0.15, 0.2) is 0 Å². The molecule has 2 aromatic carbocycles. The van der Waals surface area contributed by atoms with Crippen molar-refractivity contribution in [3.05, 3.63) is 78.0 Å². The van der Waals surface area contributed by atoms with Gasteiger partial charge in [-0.15, -0.1) is 0 Å². The van der Waals surface area contributed by atoms with Gasteiger partial charge in [0.25, 0.3) is 5.91 Å². The van der Waals surface area contributed by atoms with Crippen molar-refractivity contribution in [2.24, 2.45) is 5.92 Å². The second kappa shape index (κ2) is 7.09. The molecule has 3 rings (SSSR count). The molecule has 0 spiro atoms. The van der Waals surface area contributed by atoms with Gasteiger partial charge >= 0.3 is 0 Å². The maximum Gasteiger partial charge on any atom is 0.255 e. The first-order chi connectivity index (χ1) is 11.6. The number of hydrogen-bond acceptors (Lipinski definition) is 2. The summed E-state index contributed by atoms with van der Waals surface area (Å²) in [5.41, 5.74) is 3.42. The van der Waals surface area contributed by atoms with Gasteiger partial charge in [0.2, 0.25) is 0 Å². The third kappa shape index (κ3) is 3.87. The number of nitrogens with one attached hydrogen (secondary N) is 1. The predicted octanol–water partition coefficient (Wildman–Crippen LogP) is 5.16. The molecule has 24 heavy (non-hydrogen) atoms. The topological polar surface area (TPSA) is 42.0 Å². The Morgan fingerprint density at radius 3 is 2.62 bits per heavy atom. The van der Waals surface area contributed by atoms with Crippen LogP contribution in [-0.4, -0.2) is 10.9 Å². The molecule has 0 aliphatic carbocycles. The molecule has 0 atom stereocenters. The number of hydrogen-bond donors (Lipinski definition) is 1. The number of carbonyl (C=O) groups is 1. The van der Waals surface area contributed by atoms with E-state index in [2.05, 4.69) is 36.3 Å². The van der Waals surface area contributed by atoms with Crippen LogP contribution in [0, 0.1) is 5.92 Å². The number of fused-ring (bicyclic) bond motifs is 1. The van der Waals surface area contributed by atoms with Gasteiger partial charge in [-0.3, -0.25) is 9.78 Å². The fourth-order valence-corrected chi connectivity index (χ4v) is 2.41. The second-order valence-electron chi connectivity index (χ2n) is 6.09. The van der Waals surface area contributed by atoms with Crippen LogP contribution in [-0.2, 0) is 0 Å². The van der Waals surface area contributed by atoms with Crippen LogP contribution >= 0.6 is 0 Å². The third-order valence-electron chi connectivity index (χ3n) is 3.71. The Hall–Kier alpha value is -2.94. The lowest BCUT2D eigenvalue weighted by Gasteiger charge is -2.07. The lowest BCUT2D eigenvalue weighted by atomic mass is 10.1. The molecule has 0 saturated heterocycles. The average Bonchev–Trinajstić information content (AvgIpc) is 2.60. The van der Waals surface area contributed by atoms with Crippen molar-refractivity contribution in [3.8, 4) is 0 Å². The van der Waals surface area contributed by atoms with Gasteiger partial charge in [0.05, 0.1) is 5.52 Å². The highest BCUT2D eigenvalue weighted by Gasteiger charge is 2.06. The van der Waals surface area contributed by atoms with E-state index in [1.54, 1.807) is 6.20 Å². The lowest BCUT2D eigenvalue weighted by Crippen LogP contribution is -2.11. The molecule has 0 fully saturated rings. The molecule has 0 bridgehead atoms. The van der Waals surface area contributed by atoms with Crippen molar-refractivity contribution in [2.75, 3.05) is 5.32 Å². The summed E-state index contributed by atoms with van der Waals surface area (Å²) < 4.78 is 0. The van der Waals surface area contributed by atoms with E-state index in [0.717, 1.165) is 22.2 Å². The van der Waals surface area contributed by atoms with E-state index < -0.39 is 0 Å². The molecule has 0 aliphatic heterocycles. The predicted molar refractivity (Wildman–Crippen MR) is 100 cm³/mol. The first-order valence-electron chi connectivity index (χ1n) is 8.06. The number of rotatable bonds is 4. The minimum Gasteiger partial charge on any atom is -0.322 e. The quantitative estimate of drug-likeness (QED) is 0.722. The fraction of sp³-hybridized carbons (Fsp3) is 0.143. The van der Waals surface area contributed by atoms with Crippen molar-refractivity contribution in [3.63, 3.8) is 0 Å². The Labute approximate surface area is 142 Å². The molecular formula is C21H20N2O. The number of benzene rings is 2. The number of nitrogens with zero attached hydrogens (tertiary/aromatic N) is 1. The maximum absolute atomic E-state index is 12.4. The van der Waals surface area contributed by atoms with E-state index >= 15 is 0 Å². The summed E-state index contributed by atoms with van der Waals surface area (Å²) in [5.74, 6) is 0.396. The number of allylic oxidation sites excluding steroid dienone is 1. The smallest absolute Gasteiger partial charge is 0.255 e. The van der Waals surface area contributed by atoms with Crippen molar-refractivity contribution < 1.29 is 4.79 Å². The number of pyridine rings is 1. The molecule has 3 heteroatoms. The Kier molecular flexibility index (Phi) is 4.71. The zero-order valence-corrected chi connectivity index (χ0v) is 13.9. The highest BCUT2D eigenvalue weighted by atomic mass is 16.1. The first kappa shape index (κ1) is 15.9. The normalized spacial score (nSPS) is 11.3. The van der Waals surface area contributed by atoms with Gasteiger partial charge in [0.1, 0.15) is 0 Å². The summed E-state index contributed by atoms with van der Waals surface area (Å²) >= 11 is 0. The summed E-state index contributed by atoms with van der Waals surface area (Å²) in [6.07, 6.45) is 5.97. The third-order valence-corrected chi connectivity index (χ3v) is 3.71. The zero-order chi connectivity index (χ0) is 16.9. The van der Waals surface area contributed by atoms with Crippen LogP contribution in [0.2, 0.25) is 0 Å². The number of anilines is 1. The van der Waals surface area contributed by atoms with E-state index in [0.29, 0.717) is 11.5 Å². The van der Waals surface area contributed by atoms with E-state index in [1.165, 1.54) is 0 Å². The molecule has 1 amide bonds. The molecule has 0 unspecified atom stereocenters. The molecule has 0 aliphatic rings. The summed E-state index contributed by atoms with van der Waals surface area (Å²) in [6.45, 7) is 4.27. The molecule has 3 aromatic rings. The summed E-state index contributed by atoms with van der Waals surface area (Å²) in [7, 11) is 0. The van der Waals surface area contributed by atoms with Crippen LogP contribution in [0.3, 0.4) is 0 Å². The minimum absolute atomic E-state index is 0.113. The lowest BCUT2D eigenvalue weighted by molar-refractivity contribution is 0.102. The molecule has 3 nitrogen and oxygen atoms in total. The van der Waals surface area contributed by atoms with E-state index in [9.17, 15) is 4.79 Å². The largest absolute Gasteiger partial charge is 0.322 e. The molecule has 1 aromatic heterocycles. The zero-order valence-electron chi connectivity index (χ0n) is 13.9. The van der Waals surface area contributed by atoms with Crippen molar-refractivity contribution >= 4 is 28.6 Å². The number of amides is 1. The van der Waals surface area contributed by atoms with Gasteiger partial charge in [-0.1, -0.05) is 44.2 Å². The minimum atomic E-state index is -0.113. The van der Waals surface area contributed by atoms with E-state index in [1.807, 2.05) is 54.6 Å². The Bertz CT molecular complexity index is 880. The average molecular weight is 316 g/mol. The van der Waals surface area contributed by atoms with Gasteiger partial charge < -0.3 is 5.32 Å². The highest BCUT2D eigenvalue weighted by molar-refractivity contribution is 6.05. The van der Waals surface area contributed by atoms with Crippen molar-refractivity contribution in [1.29, 1.82) is 0 Å². The molecular weight excluding hydrogens is 296 g/mol. The maximum atomic E-state index is 12.4. The summed E-state index contributed by atoms with van der Waals surface area (Å²) in [6, 6.07) is 17.2. The van der Waals surface area contributed by atoms with Crippen LogP contribution in [0.15, 0.2) is 66.9 Å². The van der Waals surface area contributed by atoms with Crippen LogP contribution in [0.4, 0.5) is 5.69 Å². The molecule has 120 valence electrons. The Morgan fingerprint density at radius 1 is 1.08 bits per heavy atom. The number of aromatic nitrogens is 1. The molecule has 1 N–H and O–H groups in total. The van der Waals surface area contributed by atoms with E-state index in [4.69, 9.17) is 0 Å². The monoisotopic (exact) mass is 316 g/mol. The molecule has 0 saturated carbocycles. The Morgan fingerprint density at radius 2 is 1.88 bits per heavy atom. The van der Waals surface area contributed by atoms with Gasteiger partial charge in [-0.05, 0) is 47.9 Å². The fourth-order valence-electron chi connectivity index (χ4n) is 2.41.